The van der Waals surface area contributed by atoms with Crippen LogP contribution in [0.3, 0.4) is 0 Å². The van der Waals surface area contributed by atoms with E-state index < -0.39 is 37.0 Å². The van der Waals surface area contributed by atoms with Crippen molar-refractivity contribution in [1.82, 2.24) is 14.3 Å². The highest BCUT2D eigenvalue weighted by atomic mass is 35.5. The van der Waals surface area contributed by atoms with Crippen LogP contribution in [0.4, 0.5) is 13.2 Å². The molecule has 1 atom stereocenters. The van der Waals surface area contributed by atoms with Crippen LogP contribution in [-0.2, 0) is 13.1 Å². The number of carbonyl (C=O) groups is 1. The topological polar surface area (TPSA) is 97.3 Å². The Hall–Kier alpha value is -3.31. The number of aliphatic hydroxyl groups excluding tert-OH is 1. The van der Waals surface area contributed by atoms with Crippen molar-refractivity contribution in [2.45, 2.75) is 25.4 Å². The van der Waals surface area contributed by atoms with Crippen molar-refractivity contribution in [2.75, 3.05) is 0 Å². The van der Waals surface area contributed by atoms with Gasteiger partial charge in [0.15, 0.2) is 11.9 Å². The molecule has 0 aliphatic carbocycles. The maximum absolute atomic E-state index is 13.2. The first-order valence-corrected chi connectivity index (χ1v) is 12.0. The van der Waals surface area contributed by atoms with Gasteiger partial charge in [-0.15, -0.1) is 5.10 Å². The number of rotatable bonds is 7. The number of alkyl halides is 3. The Labute approximate surface area is 228 Å². The number of aromatic carboxylic acids is 1. The van der Waals surface area contributed by atoms with E-state index in [-0.39, 0.29) is 32.6 Å². The third-order valence-corrected chi connectivity index (χ3v) is 6.75. The molecular weight excluding hydrogens is 570 g/mol. The maximum Gasteiger partial charge on any atom is 0.416 e. The van der Waals surface area contributed by atoms with Gasteiger partial charge in [-0.25, -0.2) is 14.3 Å². The summed E-state index contributed by atoms with van der Waals surface area (Å²) in [6.07, 6.45) is -7.83. The van der Waals surface area contributed by atoms with Crippen molar-refractivity contribution >= 4 is 40.8 Å². The van der Waals surface area contributed by atoms with Crippen molar-refractivity contribution in [3.05, 3.63) is 97.3 Å². The van der Waals surface area contributed by atoms with Crippen molar-refractivity contribution in [3.63, 3.8) is 0 Å². The van der Waals surface area contributed by atoms with Crippen LogP contribution < -0.4 is 5.69 Å². The molecule has 0 fully saturated rings. The van der Waals surface area contributed by atoms with Gasteiger partial charge in [0.1, 0.15) is 0 Å². The smallest absolute Gasteiger partial charge is 0.416 e. The Balaban J connectivity index is 1.84. The number of benzene rings is 3. The fourth-order valence-corrected chi connectivity index (χ4v) is 4.32. The van der Waals surface area contributed by atoms with E-state index in [0.717, 1.165) is 4.68 Å². The highest BCUT2D eigenvalue weighted by molar-refractivity contribution is 6.43. The minimum absolute atomic E-state index is 0.136. The molecule has 0 unspecified atom stereocenters. The van der Waals surface area contributed by atoms with E-state index in [1.54, 1.807) is 18.2 Å². The molecule has 0 amide bonds. The van der Waals surface area contributed by atoms with Crippen molar-refractivity contribution in [2.24, 2.45) is 0 Å². The molecule has 0 aliphatic rings. The molecule has 2 N–H and O–H groups in total. The molecule has 13 heteroatoms. The second-order valence-corrected chi connectivity index (χ2v) is 9.44. The molecule has 38 heavy (non-hydrogen) atoms. The number of nitrogens with zero attached hydrogens (tertiary/aromatic N) is 3. The molecule has 0 saturated carbocycles. The Morgan fingerprint density at radius 1 is 1.00 bits per heavy atom. The van der Waals surface area contributed by atoms with Crippen LogP contribution in [0.15, 0.2) is 65.5 Å². The number of carboxylic acid groups (broad SMARTS) is 1. The summed E-state index contributed by atoms with van der Waals surface area (Å²) >= 11 is 18.3. The number of halogens is 6. The fourth-order valence-electron chi connectivity index (χ4n) is 3.79. The van der Waals surface area contributed by atoms with Gasteiger partial charge in [-0.2, -0.15) is 13.2 Å². The van der Waals surface area contributed by atoms with Gasteiger partial charge >= 0.3 is 17.8 Å². The fraction of sp³-hybridized carbons (Fsp3) is 0.160. The minimum Gasteiger partial charge on any atom is -0.478 e. The third kappa shape index (κ3) is 5.73. The van der Waals surface area contributed by atoms with Crippen LogP contribution in [-0.4, -0.2) is 42.8 Å². The predicted molar refractivity (Wildman–Crippen MR) is 137 cm³/mol. The summed E-state index contributed by atoms with van der Waals surface area (Å²) < 4.78 is 40.9. The van der Waals surface area contributed by atoms with E-state index in [1.165, 1.54) is 42.5 Å². The van der Waals surface area contributed by atoms with E-state index >= 15 is 0 Å². The highest BCUT2D eigenvalue weighted by Gasteiger charge is 2.39. The highest BCUT2D eigenvalue weighted by Crippen LogP contribution is 2.34. The van der Waals surface area contributed by atoms with Crippen LogP contribution in [0.25, 0.3) is 22.5 Å². The molecule has 1 aromatic heterocycles. The van der Waals surface area contributed by atoms with Crippen molar-refractivity contribution in [1.29, 1.82) is 0 Å². The van der Waals surface area contributed by atoms with Crippen LogP contribution in [0.5, 0.6) is 0 Å². The summed E-state index contributed by atoms with van der Waals surface area (Å²) in [5.74, 6) is -1.46. The van der Waals surface area contributed by atoms with Gasteiger partial charge in [-0.1, -0.05) is 53.0 Å². The minimum atomic E-state index is -4.99. The molecule has 7 nitrogen and oxygen atoms in total. The summed E-state index contributed by atoms with van der Waals surface area (Å²) in [7, 11) is 0. The Morgan fingerprint density at radius 3 is 2.29 bits per heavy atom. The largest absolute Gasteiger partial charge is 0.478 e. The number of hydrogen-bond acceptors (Lipinski definition) is 4. The summed E-state index contributed by atoms with van der Waals surface area (Å²) in [4.78, 5) is 25.1. The first-order valence-electron chi connectivity index (χ1n) is 10.9. The maximum atomic E-state index is 13.2. The van der Waals surface area contributed by atoms with Crippen LogP contribution in [0.1, 0.15) is 15.9 Å². The second-order valence-electron chi connectivity index (χ2n) is 8.22. The second kappa shape index (κ2) is 10.8. The normalized spacial score (nSPS) is 12.5. The SMILES string of the molecule is O=C(O)c1ccc(-c2cccc(Cl)c2Cl)cc1Cn1nc(-c2ccc(Cl)cc2)n(C[C@H](O)C(F)(F)F)c1=O. The lowest BCUT2D eigenvalue weighted by molar-refractivity contribution is -0.207. The lowest BCUT2D eigenvalue weighted by Crippen LogP contribution is -2.37. The van der Waals surface area contributed by atoms with E-state index in [2.05, 4.69) is 5.10 Å². The van der Waals surface area contributed by atoms with Crippen LogP contribution in [0, 0.1) is 0 Å². The predicted octanol–water partition coefficient (Wildman–Crippen LogP) is 6.01. The van der Waals surface area contributed by atoms with E-state index in [9.17, 15) is 33.0 Å². The van der Waals surface area contributed by atoms with Crippen molar-refractivity contribution < 1.29 is 28.2 Å². The quantitative estimate of drug-likeness (QED) is 0.277. The first kappa shape index (κ1) is 27.7. The van der Waals surface area contributed by atoms with Gasteiger partial charge < -0.3 is 10.2 Å². The van der Waals surface area contributed by atoms with Gasteiger partial charge in [0, 0.05) is 16.1 Å². The Kier molecular flexibility index (Phi) is 7.89. The first-order chi connectivity index (χ1) is 17.9. The summed E-state index contributed by atoms with van der Waals surface area (Å²) in [5, 5.41) is 24.4. The number of aromatic nitrogens is 3. The van der Waals surface area contributed by atoms with E-state index in [4.69, 9.17) is 34.8 Å². The third-order valence-electron chi connectivity index (χ3n) is 5.68. The molecule has 4 rings (SSSR count). The summed E-state index contributed by atoms with van der Waals surface area (Å²) in [5.41, 5.74) is 0.257. The Bertz CT molecular complexity index is 1570. The zero-order chi connectivity index (χ0) is 27.8. The zero-order valence-corrected chi connectivity index (χ0v) is 21.4. The van der Waals surface area contributed by atoms with Gasteiger partial charge in [-0.05, 0) is 53.6 Å². The molecule has 0 saturated heterocycles. The van der Waals surface area contributed by atoms with E-state index in [1.807, 2.05) is 0 Å². The summed E-state index contributed by atoms with van der Waals surface area (Å²) in [6, 6.07) is 15.1. The lowest BCUT2D eigenvalue weighted by Gasteiger charge is -2.15. The van der Waals surface area contributed by atoms with Crippen molar-refractivity contribution in [3.8, 4) is 22.5 Å². The molecule has 0 spiro atoms. The number of aliphatic hydroxyl groups is 1. The summed E-state index contributed by atoms with van der Waals surface area (Å²) in [6.45, 7) is -1.52. The number of hydrogen-bond donors (Lipinski definition) is 2. The van der Waals surface area contributed by atoms with Gasteiger partial charge in [0.05, 0.1) is 28.7 Å². The average molecular weight is 587 g/mol. The molecule has 198 valence electrons. The monoisotopic (exact) mass is 585 g/mol. The van der Waals surface area contributed by atoms with Gasteiger partial charge in [-0.3, -0.25) is 4.57 Å². The lowest BCUT2D eigenvalue weighted by atomic mass is 9.99. The molecule has 0 aliphatic heterocycles. The molecular formula is C25H17Cl3F3N3O4. The molecule has 0 bridgehead atoms. The number of carboxylic acids is 1. The zero-order valence-electron chi connectivity index (χ0n) is 19.1. The standard InChI is InChI=1S/C25H17Cl3F3N3O4/c26-16-7-4-13(5-8-16)22-32-34(24(38)33(22)12-20(35)25(29,30)31)11-15-10-14(6-9-18(15)23(36)37)17-2-1-3-19(27)21(17)28/h1-10,20,35H,11-12H2,(H,36,37)/t20-/m0/s1. The molecule has 3 aromatic carbocycles. The average Bonchev–Trinajstić information content (AvgIpc) is 3.15. The molecule has 4 aromatic rings. The van der Waals surface area contributed by atoms with Gasteiger partial charge in [0.25, 0.3) is 0 Å². The van der Waals surface area contributed by atoms with Crippen LogP contribution in [0.2, 0.25) is 15.1 Å². The van der Waals surface area contributed by atoms with Crippen LogP contribution >= 0.6 is 34.8 Å². The molecule has 0 radical (unpaired) electrons. The van der Waals surface area contributed by atoms with E-state index in [0.29, 0.717) is 20.7 Å². The molecule has 1 heterocycles. The Morgan fingerprint density at radius 2 is 1.66 bits per heavy atom. The van der Waals surface area contributed by atoms with Gasteiger partial charge in [0.2, 0.25) is 0 Å².